The molecule has 0 saturated heterocycles. The Labute approximate surface area is 87.9 Å². The predicted molar refractivity (Wildman–Crippen MR) is 54.8 cm³/mol. The lowest BCUT2D eigenvalue weighted by atomic mass is 9.87. The van der Waals surface area contributed by atoms with Gasteiger partial charge in [-0.3, -0.25) is 0 Å². The van der Waals surface area contributed by atoms with Crippen molar-refractivity contribution in [2.24, 2.45) is 0 Å². The first-order valence-electron chi connectivity index (χ1n) is 5.05. The molecule has 4 nitrogen and oxygen atoms in total. The van der Waals surface area contributed by atoms with Crippen LogP contribution in [0.2, 0.25) is 0 Å². The minimum Gasteiger partial charge on any atom is -0.479 e. The van der Waals surface area contributed by atoms with Crippen LogP contribution in [0.1, 0.15) is 29.7 Å². The fourth-order valence-electron chi connectivity index (χ4n) is 2.45. The van der Waals surface area contributed by atoms with Gasteiger partial charge < -0.3 is 15.2 Å². The zero-order valence-electron chi connectivity index (χ0n) is 8.87. The number of aryl methyl sites for hydroxylation is 2. The highest BCUT2D eigenvalue weighted by Gasteiger charge is 2.55. The molecule has 1 heterocycles. The second-order valence-corrected chi connectivity index (χ2v) is 4.37. The molecule has 0 aliphatic heterocycles. The molecular formula is C11H15NO3. The topological polar surface area (TPSA) is 73.3 Å². The number of carboxylic acid groups (broad SMARTS) is 1. The van der Waals surface area contributed by atoms with Crippen LogP contribution in [0.15, 0.2) is 6.20 Å². The molecule has 0 spiro atoms. The molecule has 1 saturated carbocycles. The Kier molecular flexibility index (Phi) is 2.12. The number of carboxylic acids is 1. The lowest BCUT2D eigenvalue weighted by molar-refractivity contribution is -0.148. The van der Waals surface area contributed by atoms with Crippen molar-refractivity contribution < 1.29 is 15.0 Å². The van der Waals surface area contributed by atoms with Crippen LogP contribution in [0.5, 0.6) is 0 Å². The highest BCUT2D eigenvalue weighted by Crippen LogP contribution is 2.53. The number of aliphatic hydroxyl groups excluding tert-OH is 1. The Morgan fingerprint density at radius 3 is 2.47 bits per heavy atom. The van der Waals surface area contributed by atoms with Crippen LogP contribution in [-0.4, -0.2) is 27.3 Å². The van der Waals surface area contributed by atoms with E-state index >= 15 is 0 Å². The first-order valence-corrected chi connectivity index (χ1v) is 5.05. The van der Waals surface area contributed by atoms with E-state index in [2.05, 4.69) is 4.98 Å². The fourth-order valence-corrected chi connectivity index (χ4v) is 2.45. The number of aromatic amines is 1. The zero-order valence-corrected chi connectivity index (χ0v) is 8.87. The first-order chi connectivity index (χ1) is 6.99. The molecule has 1 atom stereocenters. The Morgan fingerprint density at radius 2 is 2.13 bits per heavy atom. The second-order valence-electron chi connectivity index (χ2n) is 4.37. The predicted octanol–water partition coefficient (Wildman–Crippen LogP) is 1.11. The number of H-pyrrole nitrogens is 1. The van der Waals surface area contributed by atoms with Gasteiger partial charge in [-0.1, -0.05) is 0 Å². The van der Waals surface area contributed by atoms with Crippen molar-refractivity contribution >= 4 is 5.97 Å². The van der Waals surface area contributed by atoms with Crippen LogP contribution in [0, 0.1) is 13.8 Å². The summed E-state index contributed by atoms with van der Waals surface area (Å²) in [5.41, 5.74) is 2.44. The molecule has 4 heteroatoms. The molecule has 0 radical (unpaired) electrons. The van der Waals surface area contributed by atoms with Crippen molar-refractivity contribution in [3.8, 4) is 0 Å². The summed E-state index contributed by atoms with van der Waals surface area (Å²) in [7, 11) is 0. The Hall–Kier alpha value is -1.29. The van der Waals surface area contributed by atoms with E-state index in [4.69, 9.17) is 5.11 Å². The van der Waals surface area contributed by atoms with Crippen molar-refractivity contribution in [3.05, 3.63) is 23.0 Å². The van der Waals surface area contributed by atoms with E-state index in [1.165, 1.54) is 0 Å². The summed E-state index contributed by atoms with van der Waals surface area (Å²) in [5, 5.41) is 18.6. The smallest absolute Gasteiger partial charge is 0.333 e. The number of carbonyl (C=O) groups is 1. The largest absolute Gasteiger partial charge is 0.479 e. The molecule has 0 bridgehead atoms. The molecular weight excluding hydrogens is 194 g/mol. The van der Waals surface area contributed by atoms with Gasteiger partial charge in [-0.15, -0.1) is 0 Å². The van der Waals surface area contributed by atoms with Gasteiger partial charge in [0.15, 0.2) is 6.10 Å². The lowest BCUT2D eigenvalue weighted by Gasteiger charge is -2.20. The van der Waals surface area contributed by atoms with E-state index in [1.54, 1.807) is 0 Å². The molecule has 1 aromatic rings. The maximum Gasteiger partial charge on any atom is 0.333 e. The molecule has 1 aliphatic rings. The van der Waals surface area contributed by atoms with E-state index in [0.29, 0.717) is 0 Å². The van der Waals surface area contributed by atoms with E-state index in [1.807, 2.05) is 20.0 Å². The molecule has 82 valence electrons. The standard InChI is InChI=1S/C11H15NO3/c1-6-5-12-7(2)8(6)11(3-4-11)9(13)10(14)15/h5,9,12-13H,3-4H2,1-2H3,(H,14,15). The average molecular weight is 209 g/mol. The molecule has 15 heavy (non-hydrogen) atoms. The highest BCUT2D eigenvalue weighted by atomic mass is 16.4. The van der Waals surface area contributed by atoms with Gasteiger partial charge in [-0.05, 0) is 37.8 Å². The second kappa shape index (κ2) is 3.10. The third-order valence-corrected chi connectivity index (χ3v) is 3.32. The third-order valence-electron chi connectivity index (χ3n) is 3.32. The molecule has 0 amide bonds. The van der Waals surface area contributed by atoms with E-state index in [-0.39, 0.29) is 0 Å². The van der Waals surface area contributed by atoms with Crippen molar-refractivity contribution in [3.63, 3.8) is 0 Å². The minimum absolute atomic E-state index is 0.542. The summed E-state index contributed by atoms with van der Waals surface area (Å²) < 4.78 is 0. The molecule has 1 fully saturated rings. The lowest BCUT2D eigenvalue weighted by Crippen LogP contribution is -2.34. The van der Waals surface area contributed by atoms with Crippen molar-refractivity contribution in [2.75, 3.05) is 0 Å². The summed E-state index contributed by atoms with van der Waals surface area (Å²) in [6.07, 6.45) is 2.07. The third kappa shape index (κ3) is 1.36. The summed E-state index contributed by atoms with van der Waals surface area (Å²) in [6, 6.07) is 0. The van der Waals surface area contributed by atoms with Gasteiger partial charge in [0.1, 0.15) is 0 Å². The number of aliphatic carboxylic acids is 1. The van der Waals surface area contributed by atoms with Gasteiger partial charge in [0.05, 0.1) is 0 Å². The SMILES string of the molecule is Cc1c[nH]c(C)c1C1(C(O)C(=O)O)CC1. The number of nitrogens with one attached hydrogen (secondary N) is 1. The number of aromatic nitrogens is 1. The van der Waals surface area contributed by atoms with Crippen LogP contribution < -0.4 is 0 Å². The van der Waals surface area contributed by atoms with Gasteiger partial charge in [-0.2, -0.15) is 0 Å². The fraction of sp³-hybridized carbons (Fsp3) is 0.545. The molecule has 1 aliphatic carbocycles. The normalized spacial score (nSPS) is 19.9. The monoisotopic (exact) mass is 209 g/mol. The molecule has 3 N–H and O–H groups in total. The maximum atomic E-state index is 10.8. The van der Waals surface area contributed by atoms with E-state index < -0.39 is 17.5 Å². The van der Waals surface area contributed by atoms with Gasteiger partial charge in [0, 0.05) is 17.3 Å². The first kappa shape index (κ1) is 10.2. The summed E-state index contributed by atoms with van der Waals surface area (Å²) in [4.78, 5) is 13.9. The van der Waals surface area contributed by atoms with Gasteiger partial charge >= 0.3 is 5.97 Å². The minimum atomic E-state index is -1.29. The van der Waals surface area contributed by atoms with Crippen LogP contribution in [0.3, 0.4) is 0 Å². The number of hydrogen-bond donors (Lipinski definition) is 3. The van der Waals surface area contributed by atoms with Crippen LogP contribution in [0.4, 0.5) is 0 Å². The Bertz CT molecular complexity index is 384. The zero-order chi connectivity index (χ0) is 11.2. The molecule has 1 unspecified atom stereocenters. The quantitative estimate of drug-likeness (QED) is 0.698. The molecule has 0 aromatic carbocycles. The van der Waals surface area contributed by atoms with E-state index in [0.717, 1.165) is 29.7 Å². The maximum absolute atomic E-state index is 10.8. The van der Waals surface area contributed by atoms with E-state index in [9.17, 15) is 9.90 Å². The summed E-state index contributed by atoms with van der Waals surface area (Å²) in [6.45, 7) is 3.85. The number of rotatable bonds is 3. The average Bonchev–Trinajstić information content (AvgIpc) is 2.89. The van der Waals surface area contributed by atoms with Crippen molar-refractivity contribution in [2.45, 2.75) is 38.2 Å². The van der Waals surface area contributed by atoms with Gasteiger partial charge in [-0.25, -0.2) is 4.79 Å². The van der Waals surface area contributed by atoms with Crippen LogP contribution >= 0.6 is 0 Å². The van der Waals surface area contributed by atoms with Crippen molar-refractivity contribution in [1.82, 2.24) is 4.98 Å². The van der Waals surface area contributed by atoms with Crippen LogP contribution in [-0.2, 0) is 10.2 Å². The Balaban J connectivity index is 2.43. The van der Waals surface area contributed by atoms with Gasteiger partial charge in [0.25, 0.3) is 0 Å². The Morgan fingerprint density at radius 1 is 1.53 bits per heavy atom. The molecule has 2 rings (SSSR count). The molecule has 1 aromatic heterocycles. The van der Waals surface area contributed by atoms with Crippen molar-refractivity contribution in [1.29, 1.82) is 0 Å². The number of aliphatic hydroxyl groups is 1. The number of hydrogen-bond acceptors (Lipinski definition) is 2. The van der Waals surface area contributed by atoms with Crippen LogP contribution in [0.25, 0.3) is 0 Å². The summed E-state index contributed by atoms with van der Waals surface area (Å²) in [5.74, 6) is -1.13. The highest BCUT2D eigenvalue weighted by molar-refractivity contribution is 5.76. The van der Waals surface area contributed by atoms with Gasteiger partial charge in [0.2, 0.25) is 0 Å². The summed E-state index contributed by atoms with van der Waals surface area (Å²) >= 11 is 0.